The Hall–Kier alpha value is -5.45. The quantitative estimate of drug-likeness (QED) is 0.134. The van der Waals surface area contributed by atoms with E-state index in [0.717, 1.165) is 0 Å². The first-order valence-electron chi connectivity index (χ1n) is 12.8. The third kappa shape index (κ3) is 7.45. The number of hydrogen-bond donors (Lipinski definition) is 4. The van der Waals surface area contributed by atoms with Gasteiger partial charge in [0, 0.05) is 31.3 Å². The van der Waals surface area contributed by atoms with Crippen molar-refractivity contribution in [2.45, 2.75) is 0 Å². The first-order chi connectivity index (χ1) is 20.9. The first-order valence-corrected chi connectivity index (χ1v) is 13.7. The van der Waals surface area contributed by atoms with E-state index in [9.17, 15) is 19.6 Å². The van der Waals surface area contributed by atoms with Gasteiger partial charge in [-0.05, 0) is 47.3 Å². The zero-order chi connectivity index (χ0) is 30.8. The average molecular weight is 602 g/mol. The summed E-state index contributed by atoms with van der Waals surface area (Å²) in [5.41, 5.74) is 2.06. The van der Waals surface area contributed by atoms with Gasteiger partial charge in [0.25, 0.3) is 11.8 Å². The minimum Gasteiger partial charge on any atom is -0.496 e. The number of carbonyl (C=O) groups excluding carboxylic acids is 2. The number of nitrogens with one attached hydrogen (secondary N) is 3. The molecular formula is C30H27N5O7S. The molecule has 12 nitrogen and oxygen atoms in total. The number of carboxylic acid groups (broad SMARTS) is 1. The van der Waals surface area contributed by atoms with Crippen molar-refractivity contribution < 1.29 is 33.7 Å². The number of aromatic nitrogens is 1. The molecule has 2 aromatic carbocycles. The van der Waals surface area contributed by atoms with E-state index >= 15 is 0 Å². The molecule has 2 heterocycles. The predicted molar refractivity (Wildman–Crippen MR) is 160 cm³/mol. The molecule has 0 aliphatic carbocycles. The number of anilines is 1. The largest absolute Gasteiger partial charge is 0.496 e. The van der Waals surface area contributed by atoms with E-state index in [1.54, 1.807) is 66.0 Å². The summed E-state index contributed by atoms with van der Waals surface area (Å²) >= 11 is 1.24. The highest BCUT2D eigenvalue weighted by Gasteiger charge is 2.22. The van der Waals surface area contributed by atoms with Gasteiger partial charge in [-0.1, -0.05) is 24.3 Å². The third-order valence-electron chi connectivity index (χ3n) is 6.05. The number of methoxy groups -OCH3 is 2. The molecule has 2 aromatic heterocycles. The van der Waals surface area contributed by atoms with Gasteiger partial charge in [0.2, 0.25) is 0 Å². The smallest absolute Gasteiger partial charge is 0.404 e. The second-order valence-corrected chi connectivity index (χ2v) is 9.72. The molecule has 0 aliphatic rings. The highest BCUT2D eigenvalue weighted by atomic mass is 32.1. The predicted octanol–water partition coefficient (Wildman–Crippen LogP) is 4.59. The van der Waals surface area contributed by atoms with E-state index in [4.69, 9.17) is 19.3 Å². The molecule has 0 unspecified atom stereocenters. The van der Waals surface area contributed by atoms with Crippen molar-refractivity contribution >= 4 is 35.1 Å². The SMILES string of the molecule is COCOc1ccccc1-c1cc(-c2ccc(OC)c(C(=O)NCCNC(=O)O)c2)c(C#N)c(NC(=O)c2cccs2)n1. The van der Waals surface area contributed by atoms with E-state index in [1.165, 1.54) is 25.6 Å². The molecule has 0 atom stereocenters. The molecule has 4 rings (SSSR count). The van der Waals surface area contributed by atoms with Crippen molar-refractivity contribution in [3.63, 3.8) is 0 Å². The summed E-state index contributed by atoms with van der Waals surface area (Å²) in [5.74, 6) is -0.187. The highest BCUT2D eigenvalue weighted by Crippen LogP contribution is 2.37. The van der Waals surface area contributed by atoms with Gasteiger partial charge >= 0.3 is 6.09 Å². The molecule has 0 aliphatic heterocycles. The zero-order valence-corrected chi connectivity index (χ0v) is 24.0. The Morgan fingerprint density at radius 2 is 1.74 bits per heavy atom. The molecular weight excluding hydrogens is 574 g/mol. The fourth-order valence-corrected chi connectivity index (χ4v) is 4.73. The van der Waals surface area contributed by atoms with Crippen LogP contribution >= 0.6 is 11.3 Å². The molecule has 0 spiro atoms. The van der Waals surface area contributed by atoms with Crippen LogP contribution in [0.4, 0.5) is 10.6 Å². The fourth-order valence-electron chi connectivity index (χ4n) is 4.11. The van der Waals surface area contributed by atoms with Crippen LogP contribution in [0.15, 0.2) is 66.0 Å². The Morgan fingerprint density at radius 1 is 0.953 bits per heavy atom. The topological polar surface area (TPSA) is 172 Å². The fraction of sp³-hybridized carbons (Fsp3) is 0.167. The van der Waals surface area contributed by atoms with Crippen LogP contribution in [0.3, 0.4) is 0 Å². The number of nitriles is 1. The van der Waals surface area contributed by atoms with E-state index in [-0.39, 0.29) is 42.6 Å². The number of hydrogen-bond acceptors (Lipinski definition) is 9. The molecule has 0 saturated carbocycles. The van der Waals surface area contributed by atoms with Crippen LogP contribution in [-0.4, -0.2) is 62.1 Å². The summed E-state index contributed by atoms with van der Waals surface area (Å²) in [6.45, 7) is 0.0345. The lowest BCUT2D eigenvalue weighted by Crippen LogP contribution is -2.34. The molecule has 220 valence electrons. The minimum absolute atomic E-state index is 0.00717. The Bertz CT molecular complexity index is 1670. The van der Waals surface area contributed by atoms with Crippen LogP contribution in [0.1, 0.15) is 25.6 Å². The number of pyridine rings is 1. The molecule has 0 radical (unpaired) electrons. The standard InChI is InChI=1S/C30H27N5O7S/c1-40-17-42-25-7-4-3-6-19(25)23-15-20(22(16-31)27(34-23)35-29(37)26-8-5-13-43-26)18-9-10-24(41-2)21(14-18)28(36)32-11-12-33-30(38)39/h3-10,13-15,33H,11-12,17H2,1-2H3,(H,32,36)(H,38,39)(H,34,35,37). The number of amides is 3. The van der Waals surface area contributed by atoms with Crippen LogP contribution in [0.2, 0.25) is 0 Å². The lowest BCUT2D eigenvalue weighted by molar-refractivity contribution is 0.0515. The van der Waals surface area contributed by atoms with Gasteiger partial charge in [0.15, 0.2) is 12.6 Å². The van der Waals surface area contributed by atoms with Crippen molar-refractivity contribution in [3.8, 4) is 40.0 Å². The summed E-state index contributed by atoms with van der Waals surface area (Å²) in [6, 6.07) is 19.2. The maximum Gasteiger partial charge on any atom is 0.404 e. The lowest BCUT2D eigenvalue weighted by Gasteiger charge is -2.16. The first kappa shape index (κ1) is 30.5. The summed E-state index contributed by atoms with van der Waals surface area (Å²) in [7, 11) is 2.91. The third-order valence-corrected chi connectivity index (χ3v) is 6.91. The second-order valence-electron chi connectivity index (χ2n) is 8.77. The Morgan fingerprint density at radius 3 is 2.44 bits per heavy atom. The van der Waals surface area contributed by atoms with E-state index in [1.807, 2.05) is 0 Å². The zero-order valence-electron chi connectivity index (χ0n) is 23.2. The summed E-state index contributed by atoms with van der Waals surface area (Å²) in [4.78, 5) is 41.9. The van der Waals surface area contributed by atoms with Crippen LogP contribution in [0.25, 0.3) is 22.4 Å². The van der Waals surface area contributed by atoms with Crippen LogP contribution < -0.4 is 25.4 Å². The molecule has 4 N–H and O–H groups in total. The number of benzene rings is 2. The van der Waals surface area contributed by atoms with Gasteiger partial charge in [-0.2, -0.15) is 5.26 Å². The Labute approximate surface area is 250 Å². The molecule has 13 heteroatoms. The maximum atomic E-state index is 13.1. The van der Waals surface area contributed by atoms with Crippen molar-refractivity contribution in [3.05, 3.63) is 82.0 Å². The summed E-state index contributed by atoms with van der Waals surface area (Å²) < 4.78 is 16.2. The number of thiophene rings is 1. The van der Waals surface area contributed by atoms with Crippen LogP contribution in [-0.2, 0) is 4.74 Å². The van der Waals surface area contributed by atoms with Crippen molar-refractivity contribution in [1.82, 2.24) is 15.6 Å². The monoisotopic (exact) mass is 601 g/mol. The van der Waals surface area contributed by atoms with Crippen LogP contribution in [0.5, 0.6) is 11.5 Å². The summed E-state index contributed by atoms with van der Waals surface area (Å²) in [5, 5.41) is 28.4. The van der Waals surface area contributed by atoms with Gasteiger partial charge < -0.3 is 35.3 Å². The molecule has 3 amide bonds. The van der Waals surface area contributed by atoms with Gasteiger partial charge in [0.05, 0.1) is 23.2 Å². The highest BCUT2D eigenvalue weighted by molar-refractivity contribution is 7.12. The van der Waals surface area contributed by atoms with Crippen molar-refractivity contribution in [2.75, 3.05) is 39.4 Å². The molecule has 0 fully saturated rings. The molecule has 0 bridgehead atoms. The Kier molecular flexibility index (Phi) is 10.2. The number of carbonyl (C=O) groups is 3. The summed E-state index contributed by atoms with van der Waals surface area (Å²) in [6.07, 6.45) is -1.21. The lowest BCUT2D eigenvalue weighted by atomic mass is 9.96. The van der Waals surface area contributed by atoms with Crippen molar-refractivity contribution in [2.24, 2.45) is 0 Å². The normalized spacial score (nSPS) is 10.3. The molecule has 43 heavy (non-hydrogen) atoms. The number of para-hydroxylation sites is 1. The number of rotatable bonds is 12. The number of ether oxygens (including phenoxy) is 3. The number of nitrogens with zero attached hydrogens (tertiary/aromatic N) is 2. The average Bonchev–Trinajstić information content (AvgIpc) is 3.57. The van der Waals surface area contributed by atoms with E-state index < -0.39 is 17.9 Å². The van der Waals surface area contributed by atoms with Gasteiger partial charge in [-0.15, -0.1) is 11.3 Å². The Balaban J connectivity index is 1.84. The van der Waals surface area contributed by atoms with E-state index in [0.29, 0.717) is 33.0 Å². The van der Waals surface area contributed by atoms with Gasteiger partial charge in [-0.3, -0.25) is 9.59 Å². The van der Waals surface area contributed by atoms with E-state index in [2.05, 4.69) is 27.0 Å². The maximum absolute atomic E-state index is 13.1. The van der Waals surface area contributed by atoms with Gasteiger partial charge in [0.1, 0.15) is 23.1 Å². The van der Waals surface area contributed by atoms with Gasteiger partial charge in [-0.25, -0.2) is 9.78 Å². The van der Waals surface area contributed by atoms with Crippen LogP contribution in [0, 0.1) is 11.3 Å². The molecule has 0 saturated heterocycles. The molecule has 4 aromatic rings. The minimum atomic E-state index is -1.21. The van der Waals surface area contributed by atoms with Crippen molar-refractivity contribution in [1.29, 1.82) is 5.26 Å². The second kappa shape index (κ2) is 14.4.